The van der Waals surface area contributed by atoms with Gasteiger partial charge in [-0.25, -0.2) is 0 Å². The molecule has 0 radical (unpaired) electrons. The zero-order valence-electron chi connectivity index (χ0n) is 10.6. The van der Waals surface area contributed by atoms with Crippen LogP contribution < -0.4 is 0 Å². The second-order valence-electron chi connectivity index (χ2n) is 4.15. The van der Waals surface area contributed by atoms with E-state index >= 15 is 0 Å². The highest BCUT2D eigenvalue weighted by atomic mass is 35.5. The maximum absolute atomic E-state index is 10.7. The molecule has 0 bridgehead atoms. The minimum absolute atomic E-state index is 0.350. The van der Waals surface area contributed by atoms with Crippen LogP contribution in [0.2, 0.25) is 5.02 Å². The van der Waals surface area contributed by atoms with Crippen LogP contribution in [0.4, 0.5) is 11.4 Å². The zero-order valence-corrected chi connectivity index (χ0v) is 11.3. The number of hydrogen-bond acceptors (Lipinski definition) is 4. The number of halogens is 1. The Hall–Kier alpha value is -2.40. The van der Waals surface area contributed by atoms with Gasteiger partial charge in [-0.05, 0) is 42.3 Å². The van der Waals surface area contributed by atoms with Crippen molar-refractivity contribution in [1.82, 2.24) is 0 Å². The molecule has 0 aliphatic rings. The summed E-state index contributed by atoms with van der Waals surface area (Å²) in [5.41, 5.74) is 1.69. The lowest BCUT2D eigenvalue weighted by atomic mass is 10.2. The van der Waals surface area contributed by atoms with Gasteiger partial charge in [-0.2, -0.15) is 0 Å². The van der Waals surface area contributed by atoms with Crippen molar-refractivity contribution in [1.29, 1.82) is 0 Å². The van der Waals surface area contributed by atoms with Crippen molar-refractivity contribution in [2.24, 2.45) is 4.99 Å². The van der Waals surface area contributed by atoms with E-state index in [2.05, 4.69) is 4.99 Å². The second-order valence-corrected chi connectivity index (χ2v) is 4.55. The number of aliphatic imine (C=N–C) groups is 1. The lowest BCUT2D eigenvalue weighted by Crippen LogP contribution is -1.90. The van der Waals surface area contributed by atoms with Crippen LogP contribution in [0.15, 0.2) is 41.4 Å². The molecular weight excluding hydrogens is 280 g/mol. The van der Waals surface area contributed by atoms with Gasteiger partial charge in [-0.1, -0.05) is 17.7 Å². The lowest BCUT2D eigenvalue weighted by Gasteiger charge is -2.02. The molecule has 0 saturated carbocycles. The average molecular weight is 291 g/mol. The molecule has 6 heteroatoms. The van der Waals surface area contributed by atoms with Crippen molar-refractivity contribution in [3.05, 3.63) is 62.7 Å². The predicted molar refractivity (Wildman–Crippen MR) is 78.2 cm³/mol. The largest absolute Gasteiger partial charge is 0.502 e. The number of rotatable bonds is 3. The van der Waals surface area contributed by atoms with Gasteiger partial charge in [-0.15, -0.1) is 0 Å². The van der Waals surface area contributed by atoms with Crippen molar-refractivity contribution < 1.29 is 10.0 Å². The number of aromatic hydroxyl groups is 1. The summed E-state index contributed by atoms with van der Waals surface area (Å²) in [4.78, 5) is 14.3. The minimum atomic E-state index is -0.642. The number of nitrogens with zero attached hydrogens (tertiary/aromatic N) is 2. The molecular formula is C14H11ClN2O3. The summed E-state index contributed by atoms with van der Waals surface area (Å²) < 4.78 is 0. The third kappa shape index (κ3) is 2.95. The smallest absolute Gasteiger partial charge is 0.311 e. The maximum atomic E-state index is 10.7. The second kappa shape index (κ2) is 5.71. The van der Waals surface area contributed by atoms with Crippen LogP contribution in [0.1, 0.15) is 11.1 Å². The lowest BCUT2D eigenvalue weighted by molar-refractivity contribution is -0.385. The standard InChI is InChI=1S/C14H11ClN2O3/c1-9-11(15)3-2-4-12(9)16-8-10-5-6-14(18)13(7-10)17(19)20/h2-8,18H,1H3. The Labute approximate surface area is 120 Å². The highest BCUT2D eigenvalue weighted by Crippen LogP contribution is 2.27. The Kier molecular flexibility index (Phi) is 4.00. The summed E-state index contributed by atoms with van der Waals surface area (Å²) >= 11 is 5.99. The predicted octanol–water partition coefficient (Wildman–Crippen LogP) is 4.01. The summed E-state index contributed by atoms with van der Waals surface area (Å²) in [5.74, 6) is -0.369. The van der Waals surface area contributed by atoms with Crippen molar-refractivity contribution in [2.45, 2.75) is 6.92 Å². The molecule has 0 unspecified atom stereocenters. The number of nitro benzene ring substituents is 1. The van der Waals surface area contributed by atoms with E-state index in [0.29, 0.717) is 16.3 Å². The normalized spacial score (nSPS) is 10.9. The molecule has 0 saturated heterocycles. The molecule has 102 valence electrons. The molecule has 0 aromatic heterocycles. The average Bonchev–Trinajstić information content (AvgIpc) is 2.41. The molecule has 0 heterocycles. The summed E-state index contributed by atoms with van der Waals surface area (Å²) in [6, 6.07) is 9.42. The first-order valence-electron chi connectivity index (χ1n) is 5.75. The molecule has 1 N–H and O–H groups in total. The number of phenolic OH excluding ortho intramolecular Hbond substituents is 1. The van der Waals surface area contributed by atoms with Gasteiger partial charge in [0.2, 0.25) is 0 Å². The first kappa shape index (κ1) is 14.0. The van der Waals surface area contributed by atoms with Gasteiger partial charge in [0, 0.05) is 17.3 Å². The van der Waals surface area contributed by atoms with Gasteiger partial charge in [0.15, 0.2) is 5.75 Å². The van der Waals surface area contributed by atoms with Crippen LogP contribution in [-0.4, -0.2) is 16.2 Å². The van der Waals surface area contributed by atoms with Crippen LogP contribution >= 0.6 is 11.6 Å². The van der Waals surface area contributed by atoms with E-state index < -0.39 is 4.92 Å². The van der Waals surface area contributed by atoms with Gasteiger partial charge in [0.25, 0.3) is 0 Å². The highest BCUT2D eigenvalue weighted by molar-refractivity contribution is 6.31. The third-order valence-electron chi connectivity index (χ3n) is 2.79. The minimum Gasteiger partial charge on any atom is -0.502 e. The topological polar surface area (TPSA) is 75.7 Å². The van der Waals surface area contributed by atoms with E-state index in [4.69, 9.17) is 11.6 Å². The van der Waals surface area contributed by atoms with E-state index in [1.54, 1.807) is 24.3 Å². The molecule has 2 rings (SSSR count). The molecule has 0 atom stereocenters. The Morgan fingerprint density at radius 2 is 2.10 bits per heavy atom. The van der Waals surface area contributed by atoms with Gasteiger partial charge in [0.05, 0.1) is 10.6 Å². The third-order valence-corrected chi connectivity index (χ3v) is 3.20. The molecule has 0 aliphatic heterocycles. The van der Waals surface area contributed by atoms with Crippen LogP contribution in [0.3, 0.4) is 0 Å². The van der Waals surface area contributed by atoms with E-state index in [-0.39, 0.29) is 11.4 Å². The fourth-order valence-electron chi connectivity index (χ4n) is 1.65. The summed E-state index contributed by atoms with van der Waals surface area (Å²) in [6.07, 6.45) is 1.49. The molecule has 0 aliphatic carbocycles. The number of nitro groups is 1. The van der Waals surface area contributed by atoms with E-state index in [9.17, 15) is 15.2 Å². The summed E-state index contributed by atoms with van der Waals surface area (Å²) in [5, 5.41) is 20.7. The number of hydrogen-bond donors (Lipinski definition) is 1. The first-order chi connectivity index (χ1) is 9.49. The van der Waals surface area contributed by atoms with Crippen LogP contribution in [0, 0.1) is 17.0 Å². The fourth-order valence-corrected chi connectivity index (χ4v) is 1.82. The summed E-state index contributed by atoms with van der Waals surface area (Å²) in [6.45, 7) is 1.84. The monoisotopic (exact) mass is 290 g/mol. The molecule has 20 heavy (non-hydrogen) atoms. The van der Waals surface area contributed by atoms with Gasteiger partial charge in [-0.3, -0.25) is 15.1 Å². The fraction of sp³-hybridized carbons (Fsp3) is 0.0714. The van der Waals surface area contributed by atoms with Crippen molar-refractivity contribution in [2.75, 3.05) is 0 Å². The van der Waals surface area contributed by atoms with Crippen LogP contribution in [-0.2, 0) is 0 Å². The SMILES string of the molecule is Cc1c(Cl)cccc1N=Cc1ccc(O)c([N+](=O)[O-])c1. The molecule has 2 aromatic carbocycles. The Morgan fingerprint density at radius 1 is 1.35 bits per heavy atom. The molecule has 0 amide bonds. The Bertz CT molecular complexity index is 699. The van der Waals surface area contributed by atoms with E-state index in [1.807, 2.05) is 6.92 Å². The van der Waals surface area contributed by atoms with Gasteiger partial charge < -0.3 is 5.11 Å². The van der Waals surface area contributed by atoms with Crippen molar-refractivity contribution >= 4 is 29.2 Å². The van der Waals surface area contributed by atoms with E-state index in [0.717, 1.165) is 5.56 Å². The van der Waals surface area contributed by atoms with Crippen LogP contribution in [0.5, 0.6) is 5.75 Å². The molecule has 5 nitrogen and oxygen atoms in total. The van der Waals surface area contributed by atoms with Gasteiger partial charge >= 0.3 is 5.69 Å². The van der Waals surface area contributed by atoms with E-state index in [1.165, 1.54) is 18.3 Å². The Morgan fingerprint density at radius 3 is 2.80 bits per heavy atom. The van der Waals surface area contributed by atoms with Crippen LogP contribution in [0.25, 0.3) is 0 Å². The van der Waals surface area contributed by atoms with Crippen molar-refractivity contribution in [3.8, 4) is 5.75 Å². The molecule has 0 spiro atoms. The van der Waals surface area contributed by atoms with Crippen molar-refractivity contribution in [3.63, 3.8) is 0 Å². The number of phenols is 1. The quantitative estimate of drug-likeness (QED) is 0.527. The first-order valence-corrected chi connectivity index (χ1v) is 6.13. The highest BCUT2D eigenvalue weighted by Gasteiger charge is 2.12. The number of benzene rings is 2. The molecule has 2 aromatic rings. The van der Waals surface area contributed by atoms with Gasteiger partial charge in [0.1, 0.15) is 0 Å². The summed E-state index contributed by atoms with van der Waals surface area (Å²) in [7, 11) is 0. The Balaban J connectivity index is 2.34. The molecule has 0 fully saturated rings. The maximum Gasteiger partial charge on any atom is 0.311 e. The zero-order chi connectivity index (χ0) is 14.7.